The van der Waals surface area contributed by atoms with Gasteiger partial charge in [0.2, 0.25) is 0 Å². The first-order valence-electron chi connectivity index (χ1n) is 12.3. The number of hydrogen-bond acceptors (Lipinski definition) is 4. The Balaban J connectivity index is 1.47. The van der Waals surface area contributed by atoms with Crippen LogP contribution in [0.5, 0.6) is 11.5 Å². The van der Waals surface area contributed by atoms with Crippen LogP contribution in [0.1, 0.15) is 40.7 Å². The lowest BCUT2D eigenvalue weighted by molar-refractivity contribution is -0.138. The number of aliphatic hydroxyl groups is 1. The van der Waals surface area contributed by atoms with Crippen molar-refractivity contribution in [3.05, 3.63) is 82.4 Å². The zero-order chi connectivity index (χ0) is 25.3. The minimum atomic E-state index is -4.52. The van der Waals surface area contributed by atoms with Crippen molar-refractivity contribution in [3.8, 4) is 22.6 Å². The van der Waals surface area contributed by atoms with Gasteiger partial charge in [0, 0.05) is 36.8 Å². The largest absolute Gasteiger partial charge is 0.496 e. The number of likely N-dealkylation sites (tertiary alicyclic amines) is 1. The van der Waals surface area contributed by atoms with Crippen LogP contribution in [0.4, 0.5) is 13.2 Å². The molecule has 0 saturated carbocycles. The van der Waals surface area contributed by atoms with E-state index in [9.17, 15) is 18.3 Å². The van der Waals surface area contributed by atoms with Crippen LogP contribution in [0, 0.1) is 0 Å². The summed E-state index contributed by atoms with van der Waals surface area (Å²) < 4.78 is 54.5. The van der Waals surface area contributed by atoms with Crippen molar-refractivity contribution in [1.82, 2.24) is 4.90 Å². The highest BCUT2D eigenvalue weighted by molar-refractivity contribution is 5.69. The van der Waals surface area contributed by atoms with Gasteiger partial charge in [-0.25, -0.2) is 0 Å². The minimum Gasteiger partial charge on any atom is -0.496 e. The predicted octanol–water partition coefficient (Wildman–Crippen LogP) is 6.02. The van der Waals surface area contributed by atoms with E-state index in [2.05, 4.69) is 4.90 Å². The Morgan fingerprint density at radius 2 is 1.78 bits per heavy atom. The first-order valence-corrected chi connectivity index (χ1v) is 12.3. The number of nitrogens with zero attached hydrogens (tertiary/aromatic N) is 1. The predicted molar refractivity (Wildman–Crippen MR) is 132 cm³/mol. The van der Waals surface area contributed by atoms with Crippen molar-refractivity contribution in [3.63, 3.8) is 0 Å². The fourth-order valence-corrected chi connectivity index (χ4v) is 5.52. The number of ether oxygens (including phenoxy) is 2. The Labute approximate surface area is 209 Å². The van der Waals surface area contributed by atoms with E-state index in [-0.39, 0.29) is 23.8 Å². The SMILES string of the molecule is COc1cc(OCc2cccc(-c3ccccc3)c2C(F)(F)F)c2c(c1CN1CCC(O)C1)CCC2. The standard InChI is InChI=1S/C29H30F3NO3/c1-35-26-15-27(24-12-6-11-23(24)25(26)17-33-14-13-21(34)16-33)36-18-20-9-5-10-22(28(20)29(30,31)32)19-7-3-2-4-8-19/h2-5,7-10,15,21,34H,6,11-14,16-18H2,1H3. The monoisotopic (exact) mass is 497 g/mol. The zero-order valence-electron chi connectivity index (χ0n) is 20.3. The molecule has 4 nitrogen and oxygen atoms in total. The summed E-state index contributed by atoms with van der Waals surface area (Å²) in [4.78, 5) is 2.21. The van der Waals surface area contributed by atoms with Gasteiger partial charge in [-0.1, -0.05) is 48.5 Å². The van der Waals surface area contributed by atoms with E-state index in [4.69, 9.17) is 9.47 Å². The lowest BCUT2D eigenvalue weighted by Gasteiger charge is -2.23. The molecular weight excluding hydrogens is 467 g/mol. The smallest absolute Gasteiger partial charge is 0.417 e. The first kappa shape index (κ1) is 24.7. The van der Waals surface area contributed by atoms with Gasteiger partial charge in [0.25, 0.3) is 0 Å². The van der Waals surface area contributed by atoms with Crippen LogP contribution in [0.3, 0.4) is 0 Å². The lowest BCUT2D eigenvalue weighted by atomic mass is 9.95. The van der Waals surface area contributed by atoms with E-state index in [1.807, 2.05) is 6.07 Å². The normalized spacial score (nSPS) is 17.9. The van der Waals surface area contributed by atoms with Gasteiger partial charge in [-0.3, -0.25) is 4.90 Å². The van der Waals surface area contributed by atoms with Gasteiger partial charge in [0.1, 0.15) is 18.1 Å². The molecule has 0 amide bonds. The molecule has 7 heteroatoms. The van der Waals surface area contributed by atoms with Crippen molar-refractivity contribution >= 4 is 0 Å². The average molecular weight is 498 g/mol. The molecule has 1 saturated heterocycles. The third-order valence-electron chi connectivity index (χ3n) is 7.19. The number of alkyl halides is 3. The lowest BCUT2D eigenvalue weighted by Crippen LogP contribution is -2.22. The van der Waals surface area contributed by atoms with Crippen molar-refractivity contribution in [2.75, 3.05) is 20.2 Å². The van der Waals surface area contributed by atoms with Gasteiger partial charge in [0.15, 0.2) is 0 Å². The molecule has 1 fully saturated rings. The Morgan fingerprint density at radius 1 is 1.00 bits per heavy atom. The maximum atomic E-state index is 14.2. The summed E-state index contributed by atoms with van der Waals surface area (Å²) in [6, 6.07) is 15.1. The molecule has 36 heavy (non-hydrogen) atoms. The van der Waals surface area contributed by atoms with Gasteiger partial charge in [0.05, 0.1) is 18.8 Å². The summed E-state index contributed by atoms with van der Waals surface area (Å²) in [5.74, 6) is 1.27. The Kier molecular flexibility index (Phi) is 6.95. The highest BCUT2D eigenvalue weighted by Gasteiger charge is 2.36. The second-order valence-electron chi connectivity index (χ2n) is 9.54. The quantitative estimate of drug-likeness (QED) is 0.434. The van der Waals surface area contributed by atoms with Gasteiger partial charge in [-0.2, -0.15) is 13.2 Å². The van der Waals surface area contributed by atoms with Gasteiger partial charge in [-0.05, 0) is 47.9 Å². The van der Waals surface area contributed by atoms with Crippen molar-refractivity contribution in [1.29, 1.82) is 0 Å². The molecule has 1 N–H and O–H groups in total. The van der Waals surface area contributed by atoms with Crippen molar-refractivity contribution < 1.29 is 27.8 Å². The molecule has 0 aromatic heterocycles. The molecule has 3 aromatic rings. The van der Waals surface area contributed by atoms with Gasteiger partial charge < -0.3 is 14.6 Å². The molecule has 0 radical (unpaired) electrons. The van der Waals surface area contributed by atoms with Crippen LogP contribution in [-0.2, 0) is 32.2 Å². The van der Waals surface area contributed by atoms with Gasteiger partial charge in [-0.15, -0.1) is 0 Å². The van der Waals surface area contributed by atoms with Crippen LogP contribution in [-0.4, -0.2) is 36.3 Å². The topological polar surface area (TPSA) is 41.9 Å². The van der Waals surface area contributed by atoms with Crippen LogP contribution in [0.25, 0.3) is 11.1 Å². The van der Waals surface area contributed by atoms with Crippen molar-refractivity contribution in [2.24, 2.45) is 0 Å². The summed E-state index contributed by atoms with van der Waals surface area (Å²) >= 11 is 0. The summed E-state index contributed by atoms with van der Waals surface area (Å²) in [5.41, 5.74) is 3.42. The van der Waals surface area contributed by atoms with E-state index < -0.39 is 11.7 Å². The second-order valence-corrected chi connectivity index (χ2v) is 9.54. The number of benzene rings is 3. The molecule has 190 valence electrons. The first-order chi connectivity index (χ1) is 17.3. The summed E-state index contributed by atoms with van der Waals surface area (Å²) in [6.07, 6.45) is -1.40. The molecule has 3 aromatic carbocycles. The van der Waals surface area contributed by atoms with Crippen molar-refractivity contribution in [2.45, 2.75) is 51.1 Å². The molecular formula is C29H30F3NO3. The average Bonchev–Trinajstić information content (AvgIpc) is 3.52. The van der Waals surface area contributed by atoms with Crippen LogP contribution in [0.15, 0.2) is 54.6 Å². The molecule has 1 atom stereocenters. The maximum absolute atomic E-state index is 14.2. The fraction of sp³-hybridized carbons (Fsp3) is 0.379. The van der Waals surface area contributed by atoms with E-state index in [0.29, 0.717) is 30.2 Å². The number of fused-ring (bicyclic) bond motifs is 1. The van der Waals surface area contributed by atoms with Gasteiger partial charge >= 0.3 is 6.18 Å². The number of halogens is 3. The van der Waals surface area contributed by atoms with E-state index in [1.165, 1.54) is 17.7 Å². The van der Waals surface area contributed by atoms with E-state index in [1.54, 1.807) is 43.5 Å². The minimum absolute atomic E-state index is 0.102. The van der Waals surface area contributed by atoms with E-state index in [0.717, 1.165) is 43.4 Å². The highest BCUT2D eigenvalue weighted by atomic mass is 19.4. The molecule has 0 bridgehead atoms. The molecule has 2 aliphatic rings. The third-order valence-corrected chi connectivity index (χ3v) is 7.19. The Hall–Kier alpha value is -3.03. The number of aliphatic hydroxyl groups excluding tert-OH is 1. The maximum Gasteiger partial charge on any atom is 0.417 e. The summed E-state index contributed by atoms with van der Waals surface area (Å²) in [7, 11) is 1.61. The van der Waals surface area contributed by atoms with Crippen LogP contribution >= 0.6 is 0 Å². The van der Waals surface area contributed by atoms with E-state index >= 15 is 0 Å². The molecule has 0 spiro atoms. The van der Waals surface area contributed by atoms with Crippen LogP contribution < -0.4 is 9.47 Å². The molecule has 1 unspecified atom stereocenters. The fourth-order valence-electron chi connectivity index (χ4n) is 5.52. The molecule has 5 rings (SSSR count). The number of β-amino-alcohol motifs (C(OH)–C–C–N with tert-alkyl or cyclic N) is 1. The molecule has 1 aliphatic heterocycles. The number of hydrogen-bond donors (Lipinski definition) is 1. The zero-order valence-corrected chi connectivity index (χ0v) is 20.3. The molecule has 1 aliphatic carbocycles. The summed E-state index contributed by atoms with van der Waals surface area (Å²) in [6.45, 7) is 1.95. The summed E-state index contributed by atoms with van der Waals surface area (Å²) in [5, 5.41) is 9.92. The number of rotatable bonds is 7. The highest BCUT2D eigenvalue weighted by Crippen LogP contribution is 2.42. The second kappa shape index (κ2) is 10.1. The Bertz CT molecular complexity index is 1230. The third kappa shape index (κ3) is 4.95. The Morgan fingerprint density at radius 3 is 2.47 bits per heavy atom. The number of methoxy groups -OCH3 is 1. The van der Waals surface area contributed by atoms with Crippen LogP contribution in [0.2, 0.25) is 0 Å². The molecule has 1 heterocycles.